The number of hydrogen-bond donors (Lipinski definition) is 1. The van der Waals surface area contributed by atoms with Gasteiger partial charge in [0.2, 0.25) is 0 Å². The number of nitro benzene ring substituents is 1. The molecule has 0 spiro atoms. The van der Waals surface area contributed by atoms with E-state index in [0.717, 1.165) is 0 Å². The molecule has 9 heteroatoms. The van der Waals surface area contributed by atoms with Crippen molar-refractivity contribution in [2.45, 2.75) is 18.7 Å². The number of anilines is 1. The normalized spacial score (nSPS) is 11.4. The van der Waals surface area contributed by atoms with Crippen LogP contribution in [0.3, 0.4) is 0 Å². The molecule has 8 nitrogen and oxygen atoms in total. The first-order valence-electron chi connectivity index (χ1n) is 5.99. The average Bonchev–Trinajstić information content (AvgIpc) is 2.71. The Hall–Kier alpha value is -2.42. The molecule has 0 aliphatic rings. The van der Waals surface area contributed by atoms with Crippen molar-refractivity contribution in [3.8, 4) is 0 Å². The summed E-state index contributed by atoms with van der Waals surface area (Å²) in [5, 5.41) is 14.9. The Morgan fingerprint density at radius 2 is 2.00 bits per heavy atom. The van der Waals surface area contributed by atoms with Crippen molar-refractivity contribution in [3.63, 3.8) is 0 Å². The third-order valence-electron chi connectivity index (χ3n) is 3.00. The number of nitrogens with zero attached hydrogens (tertiary/aromatic N) is 3. The molecule has 0 saturated heterocycles. The average molecular weight is 310 g/mol. The summed E-state index contributed by atoms with van der Waals surface area (Å²) in [6.07, 6.45) is 1.38. The number of rotatable bonds is 4. The fraction of sp³-hybridized carbons (Fsp3) is 0.250. The van der Waals surface area contributed by atoms with Gasteiger partial charge in [-0.05, 0) is 19.9 Å². The van der Waals surface area contributed by atoms with E-state index in [1.165, 1.54) is 36.0 Å². The van der Waals surface area contributed by atoms with Gasteiger partial charge >= 0.3 is 0 Å². The third-order valence-corrected chi connectivity index (χ3v) is 4.47. The summed E-state index contributed by atoms with van der Waals surface area (Å²) in [6.45, 7) is 3.07. The summed E-state index contributed by atoms with van der Waals surface area (Å²) in [5.41, 5.74) is 0.645. The molecule has 2 rings (SSSR count). The van der Waals surface area contributed by atoms with Gasteiger partial charge in [-0.1, -0.05) is 6.07 Å². The molecular weight excluding hydrogens is 296 g/mol. The minimum Gasteiger partial charge on any atom is -0.279 e. The minimum absolute atomic E-state index is 0.0379. The summed E-state index contributed by atoms with van der Waals surface area (Å²) in [4.78, 5) is 10.4. The van der Waals surface area contributed by atoms with Gasteiger partial charge < -0.3 is 0 Å². The van der Waals surface area contributed by atoms with Crippen molar-refractivity contribution in [2.24, 2.45) is 7.05 Å². The summed E-state index contributed by atoms with van der Waals surface area (Å²) in [6, 6.07) is 4.23. The van der Waals surface area contributed by atoms with Gasteiger partial charge in [-0.15, -0.1) is 0 Å². The van der Waals surface area contributed by atoms with Gasteiger partial charge in [0.25, 0.3) is 15.7 Å². The Morgan fingerprint density at radius 3 is 2.52 bits per heavy atom. The first kappa shape index (κ1) is 15.0. The molecule has 1 aromatic carbocycles. The van der Waals surface area contributed by atoms with Gasteiger partial charge in [0.15, 0.2) is 0 Å². The van der Waals surface area contributed by atoms with Crippen LogP contribution >= 0.6 is 0 Å². The molecule has 0 fully saturated rings. The molecule has 0 unspecified atom stereocenters. The maximum atomic E-state index is 12.3. The topological polar surface area (TPSA) is 107 Å². The molecule has 0 bridgehead atoms. The van der Waals surface area contributed by atoms with Crippen molar-refractivity contribution in [1.29, 1.82) is 0 Å². The van der Waals surface area contributed by atoms with E-state index in [0.29, 0.717) is 5.69 Å². The highest BCUT2D eigenvalue weighted by Gasteiger charge is 2.22. The highest BCUT2D eigenvalue weighted by Crippen LogP contribution is 2.27. The summed E-state index contributed by atoms with van der Waals surface area (Å²) < 4.78 is 28.4. The molecule has 0 aliphatic carbocycles. The Bertz CT molecular complexity index is 811. The van der Waals surface area contributed by atoms with Crippen molar-refractivity contribution in [2.75, 3.05) is 4.72 Å². The number of benzene rings is 1. The number of aromatic nitrogens is 2. The predicted octanol–water partition coefficient (Wildman–Crippen LogP) is 1.75. The second-order valence-electron chi connectivity index (χ2n) is 4.56. The zero-order chi connectivity index (χ0) is 15.8. The van der Waals surface area contributed by atoms with Crippen LogP contribution in [0.15, 0.2) is 29.3 Å². The van der Waals surface area contributed by atoms with Crippen LogP contribution in [0.25, 0.3) is 0 Å². The Labute approximate surface area is 121 Å². The van der Waals surface area contributed by atoms with E-state index >= 15 is 0 Å². The summed E-state index contributed by atoms with van der Waals surface area (Å²) in [7, 11) is -2.23. The summed E-state index contributed by atoms with van der Waals surface area (Å²) in [5.74, 6) is 0. The molecule has 0 atom stereocenters. The highest BCUT2D eigenvalue weighted by molar-refractivity contribution is 7.92. The van der Waals surface area contributed by atoms with Crippen LogP contribution in [-0.2, 0) is 17.1 Å². The minimum atomic E-state index is -3.84. The smallest absolute Gasteiger partial charge is 0.274 e. The first-order chi connectivity index (χ1) is 9.72. The molecule has 1 aromatic heterocycles. The van der Waals surface area contributed by atoms with Gasteiger partial charge in [-0.25, -0.2) is 8.42 Å². The predicted molar refractivity (Wildman–Crippen MR) is 76.6 cm³/mol. The summed E-state index contributed by atoms with van der Waals surface area (Å²) >= 11 is 0. The van der Waals surface area contributed by atoms with E-state index in [4.69, 9.17) is 0 Å². The van der Waals surface area contributed by atoms with E-state index in [2.05, 4.69) is 9.82 Å². The zero-order valence-electron chi connectivity index (χ0n) is 11.7. The SMILES string of the molecule is Cc1nn(C)cc1S(=O)(=O)Nc1cccc([N+](=O)[O-])c1C. The zero-order valence-corrected chi connectivity index (χ0v) is 12.5. The molecule has 0 amide bonds. The van der Waals surface area contributed by atoms with Gasteiger partial charge in [-0.3, -0.25) is 19.5 Å². The van der Waals surface area contributed by atoms with Crippen LogP contribution in [0.5, 0.6) is 0 Å². The fourth-order valence-corrected chi connectivity index (χ4v) is 3.31. The quantitative estimate of drug-likeness (QED) is 0.683. The van der Waals surface area contributed by atoms with Crippen LogP contribution in [0.4, 0.5) is 11.4 Å². The molecule has 0 radical (unpaired) electrons. The van der Waals surface area contributed by atoms with Gasteiger partial charge in [0, 0.05) is 19.3 Å². The van der Waals surface area contributed by atoms with E-state index in [-0.39, 0.29) is 21.8 Å². The highest BCUT2D eigenvalue weighted by atomic mass is 32.2. The fourth-order valence-electron chi connectivity index (χ4n) is 1.97. The van der Waals surface area contributed by atoms with E-state index < -0.39 is 14.9 Å². The standard InChI is InChI=1S/C12H14N4O4S/c1-8-10(5-4-6-11(8)16(17)18)14-21(19,20)12-7-15(3)13-9(12)2/h4-7,14H,1-3H3. The van der Waals surface area contributed by atoms with E-state index in [1.54, 1.807) is 14.0 Å². The van der Waals surface area contributed by atoms with Crippen LogP contribution in [-0.4, -0.2) is 23.1 Å². The lowest BCUT2D eigenvalue weighted by Crippen LogP contribution is -2.14. The van der Waals surface area contributed by atoms with Crippen molar-refractivity contribution in [1.82, 2.24) is 9.78 Å². The molecule has 0 aliphatic heterocycles. The van der Waals surface area contributed by atoms with Crippen molar-refractivity contribution < 1.29 is 13.3 Å². The number of hydrogen-bond acceptors (Lipinski definition) is 5. The molecule has 2 aromatic rings. The molecule has 0 saturated carbocycles. The van der Waals surface area contributed by atoms with Crippen LogP contribution in [0.1, 0.15) is 11.3 Å². The van der Waals surface area contributed by atoms with Crippen molar-refractivity contribution in [3.05, 3.63) is 45.8 Å². The lowest BCUT2D eigenvalue weighted by atomic mass is 10.2. The second-order valence-corrected chi connectivity index (χ2v) is 6.22. The number of nitrogens with one attached hydrogen (secondary N) is 1. The van der Waals surface area contributed by atoms with Gasteiger partial charge in [0.1, 0.15) is 4.90 Å². The maximum Gasteiger partial charge on any atom is 0.274 e. The largest absolute Gasteiger partial charge is 0.279 e. The first-order valence-corrected chi connectivity index (χ1v) is 7.48. The van der Waals surface area contributed by atoms with Crippen LogP contribution in [0, 0.1) is 24.0 Å². The number of nitro groups is 1. The second kappa shape index (κ2) is 5.17. The Balaban J connectivity index is 2.45. The van der Waals surface area contributed by atoms with Crippen LogP contribution in [0.2, 0.25) is 0 Å². The Morgan fingerprint density at radius 1 is 1.33 bits per heavy atom. The maximum absolute atomic E-state index is 12.3. The van der Waals surface area contributed by atoms with E-state index in [1.807, 2.05) is 0 Å². The molecule has 1 heterocycles. The van der Waals surface area contributed by atoms with Gasteiger partial charge in [0.05, 0.1) is 21.9 Å². The van der Waals surface area contributed by atoms with Crippen LogP contribution < -0.4 is 4.72 Å². The monoisotopic (exact) mass is 310 g/mol. The van der Waals surface area contributed by atoms with Gasteiger partial charge in [-0.2, -0.15) is 5.10 Å². The third kappa shape index (κ3) is 2.87. The number of aryl methyl sites for hydroxylation is 2. The lowest BCUT2D eigenvalue weighted by Gasteiger charge is -2.09. The molecule has 112 valence electrons. The van der Waals surface area contributed by atoms with E-state index in [9.17, 15) is 18.5 Å². The molecular formula is C12H14N4O4S. The Kier molecular flexibility index (Phi) is 3.69. The molecule has 1 N–H and O–H groups in total. The number of sulfonamides is 1. The molecule has 21 heavy (non-hydrogen) atoms. The van der Waals surface area contributed by atoms with Crippen molar-refractivity contribution >= 4 is 21.4 Å². The lowest BCUT2D eigenvalue weighted by molar-refractivity contribution is -0.385.